The maximum absolute atomic E-state index is 5.08. The van der Waals surface area contributed by atoms with E-state index in [1.807, 2.05) is 61.2 Å². The van der Waals surface area contributed by atoms with Gasteiger partial charge in [0.25, 0.3) is 0 Å². The lowest BCUT2D eigenvalue weighted by Gasteiger charge is -2.11. The summed E-state index contributed by atoms with van der Waals surface area (Å²) in [5.41, 5.74) is 5.85. The van der Waals surface area contributed by atoms with Crippen LogP contribution in [0.1, 0.15) is 0 Å². The van der Waals surface area contributed by atoms with Gasteiger partial charge in [-0.3, -0.25) is 19.1 Å². The van der Waals surface area contributed by atoms with Crippen LogP contribution in [0.2, 0.25) is 0 Å². The summed E-state index contributed by atoms with van der Waals surface area (Å²) in [6.45, 7) is 0. The number of nitrogens with zero attached hydrogens (tertiary/aromatic N) is 6. The first-order valence-corrected chi connectivity index (χ1v) is 12.5. The van der Waals surface area contributed by atoms with Gasteiger partial charge in [0, 0.05) is 33.9 Å². The molecular weight excluding hydrogens is 468 g/mol. The molecule has 6 aromatic heterocycles. The molecule has 0 fully saturated rings. The van der Waals surface area contributed by atoms with Gasteiger partial charge in [0.15, 0.2) is 0 Å². The van der Waals surface area contributed by atoms with Crippen LogP contribution in [0.4, 0.5) is 0 Å². The predicted octanol–water partition coefficient (Wildman–Crippen LogP) is 7.13. The number of benzene rings is 2. The molecule has 6 heteroatoms. The Morgan fingerprint density at radius 1 is 0.395 bits per heavy atom. The quantitative estimate of drug-likeness (QED) is 0.265. The molecule has 6 nitrogen and oxygen atoms in total. The first-order chi connectivity index (χ1) is 18.9. The van der Waals surface area contributed by atoms with E-state index in [0.29, 0.717) is 0 Å². The molecule has 6 heterocycles. The van der Waals surface area contributed by atoms with Crippen LogP contribution in [0.5, 0.6) is 0 Å². The minimum Gasteiger partial charge on any atom is -0.292 e. The lowest BCUT2D eigenvalue weighted by atomic mass is 10.2. The third kappa shape index (κ3) is 3.01. The summed E-state index contributed by atoms with van der Waals surface area (Å²) in [7, 11) is 0. The number of aromatic nitrogens is 6. The highest BCUT2D eigenvalue weighted by Gasteiger charge is 2.16. The third-order valence-corrected chi connectivity index (χ3v) is 7.14. The fraction of sp³-hybridized carbons (Fsp3) is 0. The molecule has 0 radical (unpaired) electrons. The van der Waals surface area contributed by atoms with E-state index < -0.39 is 0 Å². The molecular formula is C32H20N6. The maximum atomic E-state index is 5.08. The van der Waals surface area contributed by atoms with E-state index in [1.54, 1.807) is 0 Å². The Hall–Kier alpha value is -5.36. The van der Waals surface area contributed by atoms with Gasteiger partial charge < -0.3 is 0 Å². The second kappa shape index (κ2) is 8.08. The van der Waals surface area contributed by atoms with E-state index in [-0.39, 0.29) is 0 Å². The van der Waals surface area contributed by atoms with E-state index >= 15 is 0 Å². The summed E-state index contributed by atoms with van der Waals surface area (Å²) in [6, 6.07) is 33.0. The summed E-state index contributed by atoms with van der Waals surface area (Å²) in [6.07, 6.45) is 7.48. The molecule has 0 saturated heterocycles. The van der Waals surface area contributed by atoms with Gasteiger partial charge in [-0.05, 0) is 48.5 Å². The highest BCUT2D eigenvalue weighted by atomic mass is 15.1. The summed E-state index contributed by atoms with van der Waals surface area (Å²) in [4.78, 5) is 19.0. The molecule has 0 aliphatic heterocycles. The first kappa shape index (κ1) is 20.8. The van der Waals surface area contributed by atoms with Crippen LogP contribution in [0, 0.1) is 0 Å². The molecule has 0 bridgehead atoms. The number of rotatable bonds is 3. The molecule has 0 unspecified atom stereocenters. The van der Waals surface area contributed by atoms with Crippen molar-refractivity contribution in [3.63, 3.8) is 0 Å². The number of pyridine rings is 4. The van der Waals surface area contributed by atoms with Crippen molar-refractivity contribution in [2.45, 2.75) is 0 Å². The van der Waals surface area contributed by atoms with Crippen molar-refractivity contribution in [1.82, 2.24) is 29.1 Å². The molecule has 0 aliphatic carbocycles. The van der Waals surface area contributed by atoms with Gasteiger partial charge in [0.05, 0.1) is 45.8 Å². The molecule has 0 saturated carbocycles. The van der Waals surface area contributed by atoms with Gasteiger partial charge in [-0.25, -0.2) is 9.97 Å². The first-order valence-electron chi connectivity index (χ1n) is 12.5. The fourth-order valence-corrected chi connectivity index (χ4v) is 5.51. The Kier molecular flexibility index (Phi) is 4.42. The zero-order valence-electron chi connectivity index (χ0n) is 20.2. The standard InChI is InChI=1S/C32H20N6/c1-3-11-27-21(7-1)23-15-17-33-19-29(23)37(27)31-13-5-9-25(35-31)26-10-6-14-32(36-26)38-28-12-4-2-8-22(28)24-16-18-34-20-30(24)38/h1-20H. The van der Waals surface area contributed by atoms with Crippen molar-refractivity contribution < 1.29 is 0 Å². The number of para-hydroxylation sites is 2. The Balaban J connectivity index is 1.32. The number of hydrogen-bond acceptors (Lipinski definition) is 4. The van der Waals surface area contributed by atoms with Gasteiger partial charge >= 0.3 is 0 Å². The van der Waals surface area contributed by atoms with Gasteiger partial charge in [0.2, 0.25) is 0 Å². The normalized spacial score (nSPS) is 11.7. The van der Waals surface area contributed by atoms with Crippen LogP contribution >= 0.6 is 0 Å². The maximum Gasteiger partial charge on any atom is 0.138 e. The smallest absolute Gasteiger partial charge is 0.138 e. The Labute approximate surface area is 217 Å². The van der Waals surface area contributed by atoms with Crippen molar-refractivity contribution in [2.75, 3.05) is 0 Å². The topological polar surface area (TPSA) is 61.4 Å². The van der Waals surface area contributed by atoms with Crippen LogP contribution < -0.4 is 0 Å². The van der Waals surface area contributed by atoms with Crippen LogP contribution in [0.3, 0.4) is 0 Å². The molecule has 0 atom stereocenters. The van der Waals surface area contributed by atoms with Gasteiger partial charge in [-0.2, -0.15) is 0 Å². The summed E-state index contributed by atoms with van der Waals surface area (Å²) < 4.78 is 4.34. The van der Waals surface area contributed by atoms with E-state index in [0.717, 1.165) is 55.9 Å². The zero-order chi connectivity index (χ0) is 25.1. The van der Waals surface area contributed by atoms with Crippen LogP contribution in [-0.4, -0.2) is 29.1 Å². The third-order valence-electron chi connectivity index (χ3n) is 7.14. The van der Waals surface area contributed by atoms with E-state index in [4.69, 9.17) is 9.97 Å². The van der Waals surface area contributed by atoms with E-state index in [2.05, 4.69) is 79.8 Å². The van der Waals surface area contributed by atoms with E-state index in [9.17, 15) is 0 Å². The fourth-order valence-electron chi connectivity index (χ4n) is 5.51. The summed E-state index contributed by atoms with van der Waals surface area (Å²) >= 11 is 0. The monoisotopic (exact) mass is 488 g/mol. The van der Waals surface area contributed by atoms with Gasteiger partial charge in [-0.1, -0.05) is 48.5 Å². The predicted molar refractivity (Wildman–Crippen MR) is 152 cm³/mol. The molecule has 38 heavy (non-hydrogen) atoms. The largest absolute Gasteiger partial charge is 0.292 e. The van der Waals surface area contributed by atoms with Crippen molar-refractivity contribution in [3.05, 3.63) is 122 Å². The van der Waals surface area contributed by atoms with E-state index in [1.165, 1.54) is 10.8 Å². The van der Waals surface area contributed by atoms with Crippen LogP contribution in [0.25, 0.3) is 66.6 Å². The number of fused-ring (bicyclic) bond motifs is 6. The number of hydrogen-bond donors (Lipinski definition) is 0. The average Bonchev–Trinajstić information content (AvgIpc) is 3.51. The second-order valence-corrected chi connectivity index (χ2v) is 9.25. The molecule has 178 valence electrons. The minimum absolute atomic E-state index is 0.804. The minimum atomic E-state index is 0.804. The lowest BCUT2D eigenvalue weighted by Crippen LogP contribution is -2.01. The van der Waals surface area contributed by atoms with Gasteiger partial charge in [0.1, 0.15) is 11.6 Å². The highest BCUT2D eigenvalue weighted by molar-refractivity contribution is 6.09. The zero-order valence-corrected chi connectivity index (χ0v) is 20.2. The lowest BCUT2D eigenvalue weighted by molar-refractivity contribution is 1.05. The van der Waals surface area contributed by atoms with Crippen molar-refractivity contribution in [2.24, 2.45) is 0 Å². The average molecular weight is 489 g/mol. The Bertz CT molecular complexity index is 1890. The highest BCUT2D eigenvalue weighted by Crippen LogP contribution is 2.33. The van der Waals surface area contributed by atoms with Crippen molar-refractivity contribution in [1.29, 1.82) is 0 Å². The summed E-state index contributed by atoms with van der Waals surface area (Å²) in [5.74, 6) is 1.66. The Morgan fingerprint density at radius 3 is 1.34 bits per heavy atom. The SMILES string of the molecule is c1cc(-c2cccc(-n3c4ccccc4c4ccncc43)n2)nc(-n2c3ccccc3c3ccncc32)c1. The van der Waals surface area contributed by atoms with Crippen molar-refractivity contribution >= 4 is 43.6 Å². The molecule has 8 aromatic rings. The van der Waals surface area contributed by atoms with Crippen LogP contribution in [-0.2, 0) is 0 Å². The second-order valence-electron chi connectivity index (χ2n) is 9.25. The van der Waals surface area contributed by atoms with Gasteiger partial charge in [-0.15, -0.1) is 0 Å². The molecule has 0 aliphatic rings. The summed E-state index contributed by atoms with van der Waals surface area (Å²) in [5, 5.41) is 4.67. The molecule has 8 rings (SSSR count). The van der Waals surface area contributed by atoms with Crippen LogP contribution in [0.15, 0.2) is 122 Å². The van der Waals surface area contributed by atoms with Crippen molar-refractivity contribution in [3.8, 4) is 23.0 Å². The molecule has 0 amide bonds. The molecule has 0 N–H and O–H groups in total. The molecule has 2 aromatic carbocycles. The molecule has 0 spiro atoms. The Morgan fingerprint density at radius 2 is 0.842 bits per heavy atom.